The molecule has 0 aromatic rings. The fourth-order valence-corrected chi connectivity index (χ4v) is 2.10. The van der Waals surface area contributed by atoms with Gasteiger partial charge in [0.25, 0.3) is 0 Å². The van der Waals surface area contributed by atoms with E-state index in [4.69, 9.17) is 0 Å². The highest BCUT2D eigenvalue weighted by Crippen LogP contribution is 2.31. The molecule has 0 spiro atoms. The second-order valence-electron chi connectivity index (χ2n) is 3.88. The Morgan fingerprint density at radius 1 is 1.42 bits per heavy atom. The van der Waals surface area contributed by atoms with Crippen molar-refractivity contribution in [1.29, 1.82) is 0 Å². The topological polar surface area (TPSA) is 0 Å². The van der Waals surface area contributed by atoms with Crippen LogP contribution in [0.2, 0.25) is 0 Å². The van der Waals surface area contributed by atoms with E-state index >= 15 is 0 Å². The number of hydrogen-bond donors (Lipinski definition) is 0. The second-order valence-corrected chi connectivity index (χ2v) is 4.44. The first-order valence-electron chi connectivity index (χ1n) is 4.85. The van der Waals surface area contributed by atoms with Gasteiger partial charge in [-0.1, -0.05) is 42.3 Å². The first-order chi connectivity index (χ1) is 5.68. The normalized spacial score (nSPS) is 15.6. The summed E-state index contributed by atoms with van der Waals surface area (Å²) >= 11 is 3.60. The highest BCUT2D eigenvalue weighted by atomic mass is 79.9. The Hall–Kier alpha value is 0.220. The highest BCUT2D eigenvalue weighted by molar-refractivity contribution is 9.09. The van der Waals surface area contributed by atoms with Crippen LogP contribution in [0, 0.1) is 5.41 Å². The standard InChI is InChI=1S/C11H21Br/c1-4-6-7-9-11(3,10-12)8-5-2/h4H,1,5-10H2,2-3H3. The summed E-state index contributed by atoms with van der Waals surface area (Å²) in [6.45, 7) is 8.37. The lowest BCUT2D eigenvalue weighted by Gasteiger charge is -2.26. The van der Waals surface area contributed by atoms with Gasteiger partial charge in [-0.05, 0) is 31.1 Å². The van der Waals surface area contributed by atoms with Crippen LogP contribution in [0.5, 0.6) is 0 Å². The zero-order chi connectivity index (χ0) is 9.45. The molecule has 0 saturated heterocycles. The molecule has 0 saturated carbocycles. The van der Waals surface area contributed by atoms with Crippen molar-refractivity contribution in [2.75, 3.05) is 5.33 Å². The number of unbranched alkanes of at least 4 members (excludes halogenated alkanes) is 1. The molecule has 0 aliphatic rings. The summed E-state index contributed by atoms with van der Waals surface area (Å²) in [6, 6.07) is 0. The minimum absolute atomic E-state index is 0.512. The molecule has 1 unspecified atom stereocenters. The van der Waals surface area contributed by atoms with Gasteiger partial charge >= 0.3 is 0 Å². The van der Waals surface area contributed by atoms with E-state index in [2.05, 4.69) is 36.4 Å². The van der Waals surface area contributed by atoms with Crippen molar-refractivity contribution in [2.24, 2.45) is 5.41 Å². The van der Waals surface area contributed by atoms with E-state index in [1.165, 1.54) is 25.7 Å². The molecule has 0 bridgehead atoms. The van der Waals surface area contributed by atoms with Gasteiger partial charge in [0, 0.05) is 5.33 Å². The van der Waals surface area contributed by atoms with Crippen LogP contribution < -0.4 is 0 Å². The number of rotatable bonds is 7. The Morgan fingerprint density at radius 2 is 2.08 bits per heavy atom. The van der Waals surface area contributed by atoms with Gasteiger partial charge in [0.15, 0.2) is 0 Å². The monoisotopic (exact) mass is 232 g/mol. The van der Waals surface area contributed by atoms with E-state index in [1.54, 1.807) is 0 Å². The lowest BCUT2D eigenvalue weighted by atomic mass is 9.83. The van der Waals surface area contributed by atoms with E-state index in [9.17, 15) is 0 Å². The molecule has 0 N–H and O–H groups in total. The molecule has 0 amide bonds. The zero-order valence-corrected chi connectivity index (χ0v) is 9.99. The van der Waals surface area contributed by atoms with E-state index < -0.39 is 0 Å². The Labute approximate surface area is 85.6 Å². The van der Waals surface area contributed by atoms with Crippen LogP contribution in [0.3, 0.4) is 0 Å². The van der Waals surface area contributed by atoms with E-state index in [-0.39, 0.29) is 0 Å². The van der Waals surface area contributed by atoms with Crippen LogP contribution >= 0.6 is 15.9 Å². The Morgan fingerprint density at radius 3 is 2.50 bits per heavy atom. The summed E-state index contributed by atoms with van der Waals surface area (Å²) in [4.78, 5) is 0. The average molecular weight is 233 g/mol. The van der Waals surface area contributed by atoms with Gasteiger partial charge in [-0.3, -0.25) is 0 Å². The molecule has 1 heteroatoms. The van der Waals surface area contributed by atoms with Gasteiger partial charge in [0.1, 0.15) is 0 Å². The fraction of sp³-hybridized carbons (Fsp3) is 0.818. The largest absolute Gasteiger partial charge is 0.103 e. The third kappa shape index (κ3) is 4.97. The SMILES string of the molecule is C=CCCCC(C)(CBr)CCC. The maximum Gasteiger partial charge on any atom is 0.00853 e. The second kappa shape index (κ2) is 6.71. The molecule has 0 radical (unpaired) electrons. The van der Waals surface area contributed by atoms with Crippen LogP contribution in [-0.4, -0.2) is 5.33 Å². The fourth-order valence-electron chi connectivity index (χ4n) is 1.54. The number of halogens is 1. The number of allylic oxidation sites excluding steroid dienone is 1. The lowest BCUT2D eigenvalue weighted by Crippen LogP contribution is -2.17. The molecule has 0 aliphatic heterocycles. The van der Waals surface area contributed by atoms with Crippen LogP contribution in [0.4, 0.5) is 0 Å². The van der Waals surface area contributed by atoms with Gasteiger partial charge in [-0.15, -0.1) is 6.58 Å². The Bertz CT molecular complexity index is 120. The summed E-state index contributed by atoms with van der Waals surface area (Å²) in [5.41, 5.74) is 0.512. The molecule has 0 aromatic heterocycles. The van der Waals surface area contributed by atoms with Gasteiger partial charge in [0.05, 0.1) is 0 Å². The van der Waals surface area contributed by atoms with Crippen LogP contribution in [0.15, 0.2) is 12.7 Å². The minimum Gasteiger partial charge on any atom is -0.103 e. The molecule has 0 rings (SSSR count). The average Bonchev–Trinajstić information content (AvgIpc) is 2.06. The molecule has 0 aliphatic carbocycles. The van der Waals surface area contributed by atoms with Crippen molar-refractivity contribution in [3.63, 3.8) is 0 Å². The molecule has 1 atom stereocenters. The lowest BCUT2D eigenvalue weighted by molar-refractivity contribution is 0.307. The third-order valence-electron chi connectivity index (χ3n) is 2.36. The van der Waals surface area contributed by atoms with E-state index in [0.29, 0.717) is 5.41 Å². The van der Waals surface area contributed by atoms with E-state index in [1.807, 2.05) is 6.08 Å². The Balaban J connectivity index is 3.70. The summed E-state index contributed by atoms with van der Waals surface area (Å²) in [6.07, 6.45) is 8.39. The zero-order valence-electron chi connectivity index (χ0n) is 8.41. The van der Waals surface area contributed by atoms with Crippen LogP contribution in [-0.2, 0) is 0 Å². The molecule has 0 heterocycles. The summed E-state index contributed by atoms with van der Waals surface area (Å²) < 4.78 is 0. The maximum atomic E-state index is 3.74. The Kier molecular flexibility index (Phi) is 6.83. The predicted octanol–water partition coefficient (Wildman–Crippen LogP) is 4.54. The van der Waals surface area contributed by atoms with E-state index in [0.717, 1.165) is 11.8 Å². The highest BCUT2D eigenvalue weighted by Gasteiger charge is 2.20. The van der Waals surface area contributed by atoms with Gasteiger partial charge in [0.2, 0.25) is 0 Å². The maximum absolute atomic E-state index is 3.74. The van der Waals surface area contributed by atoms with Crippen LogP contribution in [0.1, 0.15) is 46.0 Å². The van der Waals surface area contributed by atoms with Crippen LogP contribution in [0.25, 0.3) is 0 Å². The van der Waals surface area contributed by atoms with Crippen molar-refractivity contribution in [2.45, 2.75) is 46.0 Å². The van der Waals surface area contributed by atoms with Crippen molar-refractivity contribution >= 4 is 15.9 Å². The van der Waals surface area contributed by atoms with Gasteiger partial charge < -0.3 is 0 Å². The summed E-state index contributed by atoms with van der Waals surface area (Å²) in [5, 5.41) is 1.13. The third-order valence-corrected chi connectivity index (χ3v) is 3.72. The molecular weight excluding hydrogens is 212 g/mol. The molecule has 0 fully saturated rings. The van der Waals surface area contributed by atoms with Crippen molar-refractivity contribution in [3.8, 4) is 0 Å². The summed E-state index contributed by atoms with van der Waals surface area (Å²) in [5.74, 6) is 0. The quantitative estimate of drug-likeness (QED) is 0.344. The number of alkyl halides is 1. The number of hydrogen-bond acceptors (Lipinski definition) is 0. The molecular formula is C11H21Br. The van der Waals surface area contributed by atoms with Gasteiger partial charge in [-0.25, -0.2) is 0 Å². The van der Waals surface area contributed by atoms with Crippen molar-refractivity contribution in [1.82, 2.24) is 0 Å². The van der Waals surface area contributed by atoms with Gasteiger partial charge in [-0.2, -0.15) is 0 Å². The summed E-state index contributed by atoms with van der Waals surface area (Å²) in [7, 11) is 0. The molecule has 72 valence electrons. The predicted molar refractivity (Wildman–Crippen MR) is 60.9 cm³/mol. The molecule has 0 nitrogen and oxygen atoms in total. The minimum atomic E-state index is 0.512. The first-order valence-corrected chi connectivity index (χ1v) is 5.97. The van der Waals surface area contributed by atoms with Crippen molar-refractivity contribution in [3.05, 3.63) is 12.7 Å². The first kappa shape index (κ1) is 12.2. The molecule has 0 aromatic carbocycles. The molecule has 12 heavy (non-hydrogen) atoms. The van der Waals surface area contributed by atoms with Crippen molar-refractivity contribution < 1.29 is 0 Å². The smallest absolute Gasteiger partial charge is 0.00853 e.